The summed E-state index contributed by atoms with van der Waals surface area (Å²) < 4.78 is 2.53. The Hall–Kier alpha value is 0.0700. The normalized spacial score (nSPS) is 11.5. The minimum Gasteiger partial charge on any atom is -0.854 e. The lowest BCUT2D eigenvalue weighted by molar-refractivity contribution is -0.870. The fourth-order valence-corrected chi connectivity index (χ4v) is 0.900. The fourth-order valence-electron chi connectivity index (χ4n) is 0.900. The largest absolute Gasteiger partial charge is 0.854 e. The summed E-state index contributed by atoms with van der Waals surface area (Å²) >= 11 is 0. The van der Waals surface area contributed by atoms with Crippen molar-refractivity contribution in [3.8, 4) is 0 Å². The Labute approximate surface area is 155 Å². The average Bonchev–Trinajstić information content (AvgIpc) is 2.24. The van der Waals surface area contributed by atoms with Gasteiger partial charge in [0.2, 0.25) is 0 Å². The van der Waals surface area contributed by atoms with E-state index in [1.807, 2.05) is 0 Å². The van der Waals surface area contributed by atoms with Gasteiger partial charge >= 0.3 is 0 Å². The summed E-state index contributed by atoms with van der Waals surface area (Å²) in [6, 6.07) is 0. The number of hydrogen-bond acceptors (Lipinski definition) is 6. The monoisotopic (exact) mass is 391 g/mol. The van der Waals surface area contributed by atoms with E-state index in [0.717, 1.165) is 33.1 Å². The van der Waals surface area contributed by atoms with E-state index >= 15 is 0 Å². The predicted octanol–water partition coefficient (Wildman–Crippen LogP) is -3.65. The number of hydrogen-bond donors (Lipinski definition) is 3. The average molecular weight is 391 g/mol. The van der Waals surface area contributed by atoms with E-state index in [-0.39, 0.29) is 19.8 Å². The minimum absolute atomic E-state index is 0.281. The molecule has 0 rings (SSSR count). The molecular formula is C15H42N3O6P. The van der Waals surface area contributed by atoms with Gasteiger partial charge in [0.05, 0.1) is 83.2 Å². The van der Waals surface area contributed by atoms with Crippen molar-refractivity contribution in [1.29, 1.82) is 0 Å². The van der Waals surface area contributed by atoms with Crippen molar-refractivity contribution in [1.82, 2.24) is 0 Å². The Morgan fingerprint density at radius 3 is 0.640 bits per heavy atom. The molecule has 0 fully saturated rings. The van der Waals surface area contributed by atoms with Crippen LogP contribution in [0.1, 0.15) is 0 Å². The van der Waals surface area contributed by atoms with Crippen LogP contribution in [0.2, 0.25) is 0 Å². The van der Waals surface area contributed by atoms with Crippen LogP contribution in [-0.2, 0) is 0 Å². The van der Waals surface area contributed by atoms with Crippen LogP contribution in [0.15, 0.2) is 0 Å². The first-order chi connectivity index (χ1) is 10.9. The van der Waals surface area contributed by atoms with Crippen LogP contribution in [0.3, 0.4) is 0 Å². The third kappa shape index (κ3) is 80.5. The second-order valence-electron chi connectivity index (χ2n) is 8.44. The molecule has 10 heteroatoms. The predicted molar refractivity (Wildman–Crippen MR) is 96.9 cm³/mol. The lowest BCUT2D eigenvalue weighted by atomic mass is 10.5. The van der Waals surface area contributed by atoms with Crippen LogP contribution in [0.25, 0.3) is 0 Å². The van der Waals surface area contributed by atoms with Crippen LogP contribution in [-0.4, -0.2) is 132 Å². The van der Waals surface area contributed by atoms with Gasteiger partial charge in [-0.25, -0.2) is 0 Å². The van der Waals surface area contributed by atoms with Gasteiger partial charge in [0.15, 0.2) is 0 Å². The first-order valence-electron chi connectivity index (χ1n) is 7.97. The molecule has 0 aromatic heterocycles. The highest BCUT2D eigenvalue weighted by atomic mass is 31.2. The summed E-state index contributed by atoms with van der Waals surface area (Å²) in [7, 11) is 15.1. The molecule has 0 unspecified atom stereocenters. The second kappa shape index (κ2) is 17.5. The van der Waals surface area contributed by atoms with Crippen LogP contribution >= 0.6 is 8.60 Å². The fraction of sp³-hybridized carbons (Fsp3) is 1.00. The van der Waals surface area contributed by atoms with Gasteiger partial charge < -0.3 is 52.1 Å². The van der Waals surface area contributed by atoms with E-state index in [1.54, 1.807) is 0 Å². The Morgan fingerprint density at radius 2 is 0.640 bits per heavy atom. The summed E-state index contributed by atoms with van der Waals surface area (Å²) in [5.74, 6) is 0. The molecule has 0 aromatic carbocycles. The van der Waals surface area contributed by atoms with Crippen molar-refractivity contribution in [2.24, 2.45) is 0 Å². The Kier molecular flexibility index (Phi) is 22.9. The van der Waals surface area contributed by atoms with Gasteiger partial charge in [0.1, 0.15) is 19.6 Å². The summed E-state index contributed by atoms with van der Waals surface area (Å²) in [4.78, 5) is 25.4. The first-order valence-corrected chi connectivity index (χ1v) is 9.07. The maximum absolute atomic E-state index is 8.48. The molecule has 25 heavy (non-hydrogen) atoms. The molecule has 0 heterocycles. The van der Waals surface area contributed by atoms with Crippen molar-refractivity contribution >= 4 is 8.60 Å². The number of rotatable bonds is 6. The number of aliphatic hydroxyl groups excluding tert-OH is 3. The second-order valence-corrected chi connectivity index (χ2v) is 8.88. The van der Waals surface area contributed by atoms with Gasteiger partial charge in [-0.3, -0.25) is 0 Å². The van der Waals surface area contributed by atoms with Crippen LogP contribution in [0.4, 0.5) is 0 Å². The lowest BCUT2D eigenvalue weighted by Crippen LogP contribution is -2.36. The minimum atomic E-state index is -3.37. The molecule has 0 aliphatic rings. The summed E-state index contributed by atoms with van der Waals surface area (Å²) in [6.07, 6.45) is 0. The van der Waals surface area contributed by atoms with Crippen LogP contribution < -0.4 is 14.7 Å². The Bertz CT molecular complexity index is 223. The summed E-state index contributed by atoms with van der Waals surface area (Å²) in [5.41, 5.74) is 0. The molecule has 0 saturated carbocycles. The van der Waals surface area contributed by atoms with Crippen molar-refractivity contribution in [2.75, 3.05) is 103 Å². The van der Waals surface area contributed by atoms with Gasteiger partial charge in [-0.15, -0.1) is 0 Å². The van der Waals surface area contributed by atoms with E-state index in [2.05, 4.69) is 63.4 Å². The van der Waals surface area contributed by atoms with Gasteiger partial charge in [-0.2, -0.15) is 0 Å². The molecule has 0 amide bonds. The molecule has 0 aliphatic carbocycles. The van der Waals surface area contributed by atoms with Crippen molar-refractivity contribution in [3.63, 3.8) is 0 Å². The van der Waals surface area contributed by atoms with E-state index in [9.17, 15) is 0 Å². The number of likely N-dealkylation sites (N-methyl/N-ethyl adjacent to an activating group) is 3. The summed E-state index contributed by atoms with van der Waals surface area (Å²) in [6.45, 7) is 3.34. The van der Waals surface area contributed by atoms with Gasteiger partial charge in [-0.05, 0) is 0 Å². The number of quaternary nitrogens is 3. The quantitative estimate of drug-likeness (QED) is 0.316. The zero-order chi connectivity index (χ0) is 21.3. The lowest BCUT2D eigenvalue weighted by Gasteiger charge is -2.39. The van der Waals surface area contributed by atoms with Gasteiger partial charge in [-0.1, -0.05) is 0 Å². The molecular weight excluding hydrogens is 349 g/mol. The third-order valence-corrected chi connectivity index (χ3v) is 2.31. The molecule has 9 nitrogen and oxygen atoms in total. The maximum Gasteiger partial charge on any atom is 0.101 e. The van der Waals surface area contributed by atoms with E-state index in [0.29, 0.717) is 0 Å². The zero-order valence-corrected chi connectivity index (χ0v) is 18.5. The molecule has 0 aromatic rings. The highest BCUT2D eigenvalue weighted by Crippen LogP contribution is 1.86. The molecule has 0 radical (unpaired) electrons. The van der Waals surface area contributed by atoms with Crippen LogP contribution in [0, 0.1) is 0 Å². The summed E-state index contributed by atoms with van der Waals surface area (Å²) in [5, 5.41) is 25.2. The first kappa shape index (κ1) is 32.7. The zero-order valence-electron chi connectivity index (χ0n) is 17.6. The molecule has 0 spiro atoms. The number of aliphatic hydroxyl groups is 3. The van der Waals surface area contributed by atoms with Crippen LogP contribution in [0.5, 0.6) is 0 Å². The van der Waals surface area contributed by atoms with Crippen molar-refractivity contribution < 1.29 is 43.4 Å². The molecule has 3 N–H and O–H groups in total. The SMILES string of the molecule is C[N+](C)(C)CCO.C[N+](C)(C)CCO.C[N+](C)(C)CCO.[O-]P([O-])[O-]. The van der Waals surface area contributed by atoms with E-state index < -0.39 is 8.60 Å². The molecule has 0 aliphatic heterocycles. The maximum atomic E-state index is 8.48. The van der Waals surface area contributed by atoms with Gasteiger partial charge in [0, 0.05) is 0 Å². The smallest absolute Gasteiger partial charge is 0.101 e. The molecule has 0 bridgehead atoms. The highest BCUT2D eigenvalue weighted by Gasteiger charge is 2.03. The van der Waals surface area contributed by atoms with Crippen molar-refractivity contribution in [2.45, 2.75) is 0 Å². The van der Waals surface area contributed by atoms with E-state index in [1.165, 1.54) is 0 Å². The third-order valence-electron chi connectivity index (χ3n) is 2.31. The number of nitrogens with zero attached hydrogens (tertiary/aromatic N) is 3. The Balaban J connectivity index is -0.000000120. The topological polar surface area (TPSA) is 130 Å². The molecule has 0 atom stereocenters. The standard InChI is InChI=1S/3C5H14NO.O3P/c3*1-6(2,3)4-5-7;1-4(2)3/h3*7H,4-5H2,1-3H3;/q3*+1;-3. The van der Waals surface area contributed by atoms with E-state index in [4.69, 9.17) is 30.0 Å². The van der Waals surface area contributed by atoms with Gasteiger partial charge in [0.25, 0.3) is 0 Å². The Morgan fingerprint density at radius 1 is 0.520 bits per heavy atom. The van der Waals surface area contributed by atoms with Crippen molar-refractivity contribution in [3.05, 3.63) is 0 Å². The molecule has 0 saturated heterocycles. The highest BCUT2D eigenvalue weighted by molar-refractivity contribution is 7.33. The molecule has 158 valence electrons.